The number of methoxy groups -OCH3 is 1. The van der Waals surface area contributed by atoms with Gasteiger partial charge in [0.1, 0.15) is 5.69 Å². The highest BCUT2D eigenvalue weighted by Crippen LogP contribution is 2.25. The molecule has 9 heteroatoms. The number of benzene rings is 1. The summed E-state index contributed by atoms with van der Waals surface area (Å²) in [5, 5.41) is 3.24. The number of hydrogen-bond acceptors (Lipinski definition) is 5. The molecule has 1 fully saturated rings. The lowest BCUT2D eigenvalue weighted by Gasteiger charge is -2.33. The second-order valence-electron chi connectivity index (χ2n) is 7.60. The molecular weight excluding hydrogens is 400 g/mol. The van der Waals surface area contributed by atoms with Crippen LogP contribution in [0.1, 0.15) is 35.8 Å². The zero-order valence-corrected chi connectivity index (χ0v) is 17.2. The number of esters is 1. The fourth-order valence-corrected chi connectivity index (χ4v) is 4.15. The van der Waals surface area contributed by atoms with Crippen LogP contribution in [0.15, 0.2) is 52.2 Å². The summed E-state index contributed by atoms with van der Waals surface area (Å²) in [6, 6.07) is 10.3. The molecule has 1 N–H and O–H groups in total. The van der Waals surface area contributed by atoms with Crippen molar-refractivity contribution < 1.29 is 14.3 Å². The Kier molecular flexibility index (Phi) is 5.75. The molecule has 3 aromatic rings. The smallest absolute Gasteiger partial charge is 0.354 e. The van der Waals surface area contributed by atoms with Gasteiger partial charge in [-0.1, -0.05) is 12.1 Å². The van der Waals surface area contributed by atoms with Gasteiger partial charge in [-0.3, -0.25) is 19.5 Å². The molecule has 3 heterocycles. The molecule has 9 nitrogen and oxygen atoms in total. The molecule has 1 aliphatic heterocycles. The summed E-state index contributed by atoms with van der Waals surface area (Å²) in [5.74, 6) is -0.446. The Morgan fingerprint density at radius 2 is 1.77 bits per heavy atom. The number of fused-ring (bicyclic) bond motifs is 1. The minimum absolute atomic E-state index is 0.0694. The van der Waals surface area contributed by atoms with E-state index in [0.29, 0.717) is 29.6 Å². The van der Waals surface area contributed by atoms with E-state index in [9.17, 15) is 19.2 Å². The van der Waals surface area contributed by atoms with Crippen LogP contribution >= 0.6 is 0 Å². The summed E-state index contributed by atoms with van der Waals surface area (Å²) in [6.07, 6.45) is 3.42. The molecule has 31 heavy (non-hydrogen) atoms. The lowest BCUT2D eigenvalue weighted by molar-refractivity contribution is -0.132. The number of nitrogens with zero attached hydrogens (tertiary/aromatic N) is 3. The van der Waals surface area contributed by atoms with Crippen molar-refractivity contribution in [3.05, 3.63) is 69.0 Å². The second kappa shape index (κ2) is 8.63. The van der Waals surface area contributed by atoms with Gasteiger partial charge in [0.05, 0.1) is 24.4 Å². The van der Waals surface area contributed by atoms with Gasteiger partial charge in [-0.05, 0) is 37.1 Å². The molecule has 162 valence electrons. The first-order chi connectivity index (χ1) is 15.0. The number of piperidine rings is 1. The van der Waals surface area contributed by atoms with Crippen molar-refractivity contribution in [1.82, 2.24) is 19.2 Å². The second-order valence-corrected chi connectivity index (χ2v) is 7.60. The summed E-state index contributed by atoms with van der Waals surface area (Å²) in [4.78, 5) is 51.1. The van der Waals surface area contributed by atoms with E-state index in [2.05, 4.69) is 5.10 Å². The monoisotopic (exact) mass is 424 g/mol. The lowest BCUT2D eigenvalue weighted by Crippen LogP contribution is -2.40. The minimum atomic E-state index is -0.377. The summed E-state index contributed by atoms with van der Waals surface area (Å²) < 4.78 is 7.94. The number of carbonyl (C=O) groups excluding carboxylic acids is 2. The van der Waals surface area contributed by atoms with E-state index in [1.54, 1.807) is 35.2 Å². The predicted molar refractivity (Wildman–Crippen MR) is 114 cm³/mol. The van der Waals surface area contributed by atoms with Gasteiger partial charge in [-0.2, -0.15) is 0 Å². The van der Waals surface area contributed by atoms with E-state index >= 15 is 0 Å². The Balaban J connectivity index is 1.38. The number of carbonyl (C=O) groups is 2. The van der Waals surface area contributed by atoms with E-state index in [1.165, 1.54) is 11.8 Å². The predicted octanol–water partition coefficient (Wildman–Crippen LogP) is 1.53. The zero-order chi connectivity index (χ0) is 22.0. The number of likely N-dealkylation sites (tertiary alicyclic amines) is 1. The van der Waals surface area contributed by atoms with Gasteiger partial charge in [0, 0.05) is 31.7 Å². The highest BCUT2D eigenvalue weighted by molar-refractivity contribution is 5.87. The molecule has 0 bridgehead atoms. The van der Waals surface area contributed by atoms with Gasteiger partial charge in [-0.15, -0.1) is 0 Å². The number of nitrogens with one attached hydrogen (secondary N) is 1. The standard InChI is InChI=1S/C22H24N4O5/c1-31-22(30)18-7-4-11-25(18)15-8-12-24(13-9-15)19(27)10-14-26-21(29)17-6-3-2-5-16(17)20(28)23-26/h2-7,11,15H,8-10,12-14H2,1H3,(H,23,28). The number of ether oxygens (including phenoxy) is 1. The first kappa shape index (κ1) is 20.6. The zero-order valence-electron chi connectivity index (χ0n) is 17.2. The summed E-state index contributed by atoms with van der Waals surface area (Å²) >= 11 is 0. The number of aromatic amines is 1. The van der Waals surface area contributed by atoms with Crippen molar-refractivity contribution in [3.63, 3.8) is 0 Å². The van der Waals surface area contributed by atoms with Crippen LogP contribution in [0.4, 0.5) is 0 Å². The van der Waals surface area contributed by atoms with E-state index in [0.717, 1.165) is 12.8 Å². The molecule has 4 rings (SSSR count). The number of H-pyrrole nitrogens is 1. The van der Waals surface area contributed by atoms with Crippen LogP contribution in [0, 0.1) is 0 Å². The normalized spacial score (nSPS) is 14.7. The Labute approximate surface area is 177 Å². The average molecular weight is 424 g/mol. The number of hydrogen-bond donors (Lipinski definition) is 1. The Bertz CT molecular complexity index is 1230. The third-order valence-corrected chi connectivity index (χ3v) is 5.82. The van der Waals surface area contributed by atoms with Crippen molar-refractivity contribution in [2.45, 2.75) is 31.8 Å². The molecule has 0 unspecified atom stereocenters. The summed E-state index contributed by atoms with van der Waals surface area (Å²) in [5.41, 5.74) is -0.159. The molecule has 0 atom stereocenters. The molecule has 0 aliphatic carbocycles. The van der Waals surface area contributed by atoms with Crippen molar-refractivity contribution in [1.29, 1.82) is 0 Å². The van der Waals surface area contributed by atoms with Crippen LogP contribution in [0.3, 0.4) is 0 Å². The van der Waals surface area contributed by atoms with Gasteiger partial charge in [0.15, 0.2) is 0 Å². The highest BCUT2D eigenvalue weighted by atomic mass is 16.5. The average Bonchev–Trinajstić information content (AvgIpc) is 3.30. The molecule has 1 aromatic carbocycles. The number of amides is 1. The maximum atomic E-state index is 12.7. The first-order valence-electron chi connectivity index (χ1n) is 10.2. The van der Waals surface area contributed by atoms with Crippen LogP contribution in [0.2, 0.25) is 0 Å². The molecule has 0 saturated carbocycles. The van der Waals surface area contributed by atoms with E-state index in [-0.39, 0.29) is 42.0 Å². The number of aryl methyl sites for hydroxylation is 1. The number of aromatic nitrogens is 3. The largest absolute Gasteiger partial charge is 0.464 e. The third-order valence-electron chi connectivity index (χ3n) is 5.82. The summed E-state index contributed by atoms with van der Waals surface area (Å²) in [7, 11) is 1.36. The van der Waals surface area contributed by atoms with Crippen molar-refractivity contribution in [3.8, 4) is 0 Å². The van der Waals surface area contributed by atoms with Gasteiger partial charge >= 0.3 is 5.97 Å². The van der Waals surface area contributed by atoms with Crippen LogP contribution in [0.25, 0.3) is 10.8 Å². The first-order valence-corrected chi connectivity index (χ1v) is 10.2. The van der Waals surface area contributed by atoms with Crippen LogP contribution in [0.5, 0.6) is 0 Å². The minimum Gasteiger partial charge on any atom is -0.464 e. The third kappa shape index (κ3) is 4.03. The fraction of sp³-hybridized carbons (Fsp3) is 0.364. The molecular formula is C22H24N4O5. The SMILES string of the molecule is COC(=O)c1cccn1C1CCN(C(=O)CCn2[nH]c(=O)c3ccccc3c2=O)CC1. The van der Waals surface area contributed by atoms with Crippen molar-refractivity contribution in [2.75, 3.05) is 20.2 Å². The molecule has 2 aromatic heterocycles. The van der Waals surface area contributed by atoms with Crippen LogP contribution in [-0.4, -0.2) is 51.3 Å². The molecule has 1 aliphatic rings. The van der Waals surface area contributed by atoms with Crippen molar-refractivity contribution in [2.24, 2.45) is 0 Å². The van der Waals surface area contributed by atoms with Crippen LogP contribution in [-0.2, 0) is 16.1 Å². The Hall–Kier alpha value is -3.62. The highest BCUT2D eigenvalue weighted by Gasteiger charge is 2.26. The number of rotatable bonds is 5. The maximum absolute atomic E-state index is 12.7. The summed E-state index contributed by atoms with van der Waals surface area (Å²) in [6.45, 7) is 1.23. The Morgan fingerprint density at radius 3 is 2.48 bits per heavy atom. The molecule has 1 amide bonds. The molecule has 0 spiro atoms. The van der Waals surface area contributed by atoms with E-state index in [1.807, 2.05) is 16.8 Å². The fourth-order valence-electron chi connectivity index (χ4n) is 4.15. The quantitative estimate of drug-likeness (QED) is 0.625. The van der Waals surface area contributed by atoms with Crippen molar-refractivity contribution >= 4 is 22.6 Å². The maximum Gasteiger partial charge on any atom is 0.354 e. The van der Waals surface area contributed by atoms with Crippen LogP contribution < -0.4 is 11.1 Å². The molecule has 0 radical (unpaired) electrons. The van der Waals surface area contributed by atoms with E-state index < -0.39 is 0 Å². The van der Waals surface area contributed by atoms with Gasteiger partial charge < -0.3 is 14.2 Å². The van der Waals surface area contributed by atoms with Gasteiger partial charge in [-0.25, -0.2) is 9.48 Å². The topological polar surface area (TPSA) is 106 Å². The molecule has 1 saturated heterocycles. The van der Waals surface area contributed by atoms with Gasteiger partial charge in [0.25, 0.3) is 11.1 Å². The van der Waals surface area contributed by atoms with E-state index in [4.69, 9.17) is 4.74 Å². The Morgan fingerprint density at radius 1 is 1.06 bits per heavy atom. The van der Waals surface area contributed by atoms with Gasteiger partial charge in [0.2, 0.25) is 5.91 Å². The lowest BCUT2D eigenvalue weighted by atomic mass is 10.0.